The Morgan fingerprint density at radius 2 is 2.03 bits per heavy atom. The largest absolute Gasteiger partial charge is 0.463 e. The van der Waals surface area contributed by atoms with Gasteiger partial charge >= 0.3 is 17.7 Å². The van der Waals surface area contributed by atoms with Gasteiger partial charge in [-0.25, -0.2) is 15.1 Å². The van der Waals surface area contributed by atoms with Crippen molar-refractivity contribution in [2.75, 3.05) is 6.61 Å². The van der Waals surface area contributed by atoms with Crippen molar-refractivity contribution in [1.82, 2.24) is 20.3 Å². The van der Waals surface area contributed by atoms with Crippen LogP contribution in [0, 0.1) is 6.92 Å². The van der Waals surface area contributed by atoms with Crippen LogP contribution in [0.2, 0.25) is 0 Å². The summed E-state index contributed by atoms with van der Waals surface area (Å²) < 4.78 is 12.3. The van der Waals surface area contributed by atoms with E-state index in [9.17, 15) is 19.2 Å². The number of aromatic amines is 1. The lowest BCUT2D eigenvalue weighted by molar-refractivity contribution is -0.148. The Hall–Kier alpha value is -2.66. The van der Waals surface area contributed by atoms with Crippen molar-refractivity contribution in [3.63, 3.8) is 0 Å². The second-order valence-electron chi connectivity index (χ2n) is 7.38. The van der Waals surface area contributed by atoms with Crippen LogP contribution in [0.1, 0.15) is 63.7 Å². The van der Waals surface area contributed by atoms with Gasteiger partial charge in [0.05, 0.1) is 6.04 Å². The molecule has 30 heavy (non-hydrogen) atoms. The normalized spacial score (nSPS) is 20.7. The van der Waals surface area contributed by atoms with Crippen molar-refractivity contribution in [1.29, 1.82) is 0 Å². The first-order chi connectivity index (χ1) is 14.3. The van der Waals surface area contributed by atoms with Gasteiger partial charge in [-0.15, -0.1) is 0 Å². The lowest BCUT2D eigenvalue weighted by atomic mass is 10.1. The number of carbonyl (C=O) groups is 2. The third-order valence-electron chi connectivity index (χ3n) is 5.00. The Morgan fingerprint density at radius 1 is 1.30 bits per heavy atom. The zero-order valence-corrected chi connectivity index (χ0v) is 17.3. The molecule has 4 N–H and O–H groups in total. The molecule has 3 atom stereocenters. The molecule has 2 rings (SSSR count). The summed E-state index contributed by atoms with van der Waals surface area (Å²) in [6.45, 7) is 3.56. The van der Waals surface area contributed by atoms with E-state index >= 15 is 0 Å². The van der Waals surface area contributed by atoms with Crippen LogP contribution >= 0.6 is 0 Å². The number of rotatable bonds is 10. The van der Waals surface area contributed by atoms with E-state index in [0.717, 1.165) is 32.1 Å². The maximum atomic E-state index is 12.1. The molecule has 0 unspecified atom stereocenters. The smallest absolute Gasteiger partial charge is 0.338 e. The van der Waals surface area contributed by atoms with Gasteiger partial charge in [0.1, 0.15) is 18.9 Å². The van der Waals surface area contributed by atoms with E-state index in [4.69, 9.17) is 14.7 Å². The summed E-state index contributed by atoms with van der Waals surface area (Å²) in [5, 5.41) is 11.3. The summed E-state index contributed by atoms with van der Waals surface area (Å²) in [5.41, 5.74) is 0.663. The fraction of sp³-hybridized carbons (Fsp3) is 0.684. The van der Waals surface area contributed by atoms with Crippen LogP contribution in [-0.2, 0) is 14.3 Å². The first kappa shape index (κ1) is 23.6. The first-order valence-corrected chi connectivity index (χ1v) is 10.2. The molecule has 1 aliphatic heterocycles. The molecule has 0 radical (unpaired) electrons. The van der Waals surface area contributed by atoms with E-state index in [0.29, 0.717) is 12.0 Å². The summed E-state index contributed by atoms with van der Waals surface area (Å²) in [6.07, 6.45) is 5.38. The maximum absolute atomic E-state index is 12.1. The number of amides is 2. The third kappa shape index (κ3) is 6.70. The van der Waals surface area contributed by atoms with Crippen molar-refractivity contribution in [3.05, 3.63) is 32.6 Å². The minimum absolute atomic E-state index is 0.113. The molecule has 0 saturated carbocycles. The number of aryl methyl sites for hydroxylation is 1. The van der Waals surface area contributed by atoms with Crippen LogP contribution in [-0.4, -0.2) is 45.5 Å². The van der Waals surface area contributed by atoms with E-state index in [1.165, 1.54) is 16.2 Å². The van der Waals surface area contributed by atoms with Crippen LogP contribution in [0.5, 0.6) is 0 Å². The molecule has 1 fully saturated rings. The number of urea groups is 1. The van der Waals surface area contributed by atoms with Crippen LogP contribution in [0.3, 0.4) is 0 Å². The summed E-state index contributed by atoms with van der Waals surface area (Å²) in [4.78, 5) is 49.4. The Balaban J connectivity index is 1.99. The van der Waals surface area contributed by atoms with Gasteiger partial charge in [0.15, 0.2) is 0 Å². The Bertz CT molecular complexity index is 835. The predicted octanol–water partition coefficient (Wildman–Crippen LogP) is 1.09. The van der Waals surface area contributed by atoms with Crippen LogP contribution in [0.25, 0.3) is 0 Å². The zero-order valence-electron chi connectivity index (χ0n) is 17.3. The highest BCUT2D eigenvalue weighted by molar-refractivity contribution is 5.73. The zero-order chi connectivity index (χ0) is 22.1. The Morgan fingerprint density at radius 3 is 2.73 bits per heavy atom. The molecule has 0 aromatic carbocycles. The van der Waals surface area contributed by atoms with Gasteiger partial charge < -0.3 is 14.8 Å². The number of esters is 1. The number of nitrogens with one attached hydrogen (secondary N) is 3. The molecule has 168 valence electrons. The summed E-state index contributed by atoms with van der Waals surface area (Å²) in [6, 6.07) is -1.47. The van der Waals surface area contributed by atoms with E-state index in [1.807, 2.05) is 0 Å². The standard InChI is InChI=1S/C19H30N4O7/c1-3-4-5-6-7-8-16(24)29-11-14-13(20-18(26)22-28)9-15(30-14)23-10-12(2)17(25)21-19(23)27/h10,13-15,28H,3-9,11H2,1-2H3,(H2,20,22,26)(H,21,25,27)/t13-,14+,15+/m0/s1. The summed E-state index contributed by atoms with van der Waals surface area (Å²) in [5.74, 6) is -0.360. The van der Waals surface area contributed by atoms with Gasteiger partial charge in [0.2, 0.25) is 0 Å². The SMILES string of the molecule is CCCCCCCC(=O)OC[C@H]1O[C@@H](n2cc(C)c(=O)[nH]c2=O)C[C@@H]1NC(=O)NO. The highest BCUT2D eigenvalue weighted by atomic mass is 16.6. The minimum atomic E-state index is -0.846. The number of aromatic nitrogens is 2. The number of ether oxygens (including phenoxy) is 2. The van der Waals surface area contributed by atoms with E-state index in [-0.39, 0.29) is 19.0 Å². The van der Waals surface area contributed by atoms with Gasteiger partial charge in [-0.05, 0) is 13.3 Å². The molecule has 0 aliphatic carbocycles. The van der Waals surface area contributed by atoms with Gasteiger partial charge in [-0.3, -0.25) is 24.3 Å². The molecule has 0 bridgehead atoms. The number of hydrogen-bond acceptors (Lipinski definition) is 7. The highest BCUT2D eigenvalue weighted by Gasteiger charge is 2.38. The van der Waals surface area contributed by atoms with Crippen LogP contribution < -0.4 is 22.0 Å². The average Bonchev–Trinajstić information content (AvgIpc) is 3.11. The van der Waals surface area contributed by atoms with E-state index < -0.39 is 35.7 Å². The molecule has 11 heteroatoms. The number of unbranched alkanes of at least 4 members (excludes halogenated alkanes) is 4. The third-order valence-corrected chi connectivity index (χ3v) is 5.00. The quantitative estimate of drug-likeness (QED) is 0.189. The van der Waals surface area contributed by atoms with Gasteiger partial charge in [-0.2, -0.15) is 0 Å². The summed E-state index contributed by atoms with van der Waals surface area (Å²) in [7, 11) is 0. The molecular weight excluding hydrogens is 396 g/mol. The van der Waals surface area contributed by atoms with Crippen molar-refractivity contribution in [2.45, 2.75) is 77.2 Å². The lowest BCUT2D eigenvalue weighted by Crippen LogP contribution is -2.46. The number of hydrogen-bond donors (Lipinski definition) is 4. The lowest BCUT2D eigenvalue weighted by Gasteiger charge is -2.19. The number of hydroxylamine groups is 1. The first-order valence-electron chi connectivity index (χ1n) is 10.2. The van der Waals surface area contributed by atoms with Crippen LogP contribution in [0.4, 0.5) is 4.79 Å². The second-order valence-corrected chi connectivity index (χ2v) is 7.38. The Labute approximate surface area is 173 Å². The molecule has 2 heterocycles. The molecular formula is C19H30N4O7. The molecule has 1 saturated heterocycles. The summed E-state index contributed by atoms with van der Waals surface area (Å²) >= 11 is 0. The highest BCUT2D eigenvalue weighted by Crippen LogP contribution is 2.28. The molecule has 1 aliphatic rings. The van der Waals surface area contributed by atoms with Crippen molar-refractivity contribution >= 4 is 12.0 Å². The van der Waals surface area contributed by atoms with Crippen molar-refractivity contribution in [3.8, 4) is 0 Å². The van der Waals surface area contributed by atoms with Crippen molar-refractivity contribution in [2.24, 2.45) is 0 Å². The average molecular weight is 426 g/mol. The minimum Gasteiger partial charge on any atom is -0.463 e. The molecule has 1 aromatic rings. The van der Waals surface area contributed by atoms with E-state index in [1.54, 1.807) is 6.92 Å². The predicted molar refractivity (Wildman–Crippen MR) is 106 cm³/mol. The fourth-order valence-electron chi connectivity index (χ4n) is 3.33. The number of H-pyrrole nitrogens is 1. The van der Waals surface area contributed by atoms with Gasteiger partial charge in [-0.1, -0.05) is 32.6 Å². The van der Waals surface area contributed by atoms with E-state index in [2.05, 4.69) is 17.2 Å². The molecule has 0 spiro atoms. The number of nitrogens with zero attached hydrogens (tertiary/aromatic N) is 1. The Kier molecular flexibility index (Phi) is 9.06. The number of carbonyl (C=O) groups excluding carboxylic acids is 2. The second kappa shape index (κ2) is 11.5. The van der Waals surface area contributed by atoms with Gasteiger partial charge in [0, 0.05) is 24.6 Å². The van der Waals surface area contributed by atoms with Crippen molar-refractivity contribution < 1.29 is 24.3 Å². The van der Waals surface area contributed by atoms with Crippen LogP contribution in [0.15, 0.2) is 15.8 Å². The molecule has 1 aromatic heterocycles. The van der Waals surface area contributed by atoms with Gasteiger partial charge in [0.25, 0.3) is 5.56 Å². The topological polar surface area (TPSA) is 152 Å². The fourth-order valence-corrected chi connectivity index (χ4v) is 3.33. The molecule has 2 amide bonds. The molecule has 11 nitrogen and oxygen atoms in total. The maximum Gasteiger partial charge on any atom is 0.338 e. The monoisotopic (exact) mass is 426 g/mol.